The van der Waals surface area contributed by atoms with Crippen molar-refractivity contribution in [3.05, 3.63) is 0 Å². The van der Waals surface area contributed by atoms with Gasteiger partial charge in [0.2, 0.25) is 0 Å². The molecule has 1 N–H and O–H groups in total. The van der Waals surface area contributed by atoms with Crippen LogP contribution in [0.3, 0.4) is 0 Å². The van der Waals surface area contributed by atoms with Gasteiger partial charge in [-0.1, -0.05) is 19.3 Å². The molecule has 0 aromatic carbocycles. The molecule has 0 spiro atoms. The second-order valence-corrected chi connectivity index (χ2v) is 6.53. The summed E-state index contributed by atoms with van der Waals surface area (Å²) in [4.78, 5) is 12.6. The Balaban J connectivity index is 1.61. The first kappa shape index (κ1) is 11.7. The van der Waals surface area contributed by atoms with E-state index >= 15 is 0 Å². The summed E-state index contributed by atoms with van der Waals surface area (Å²) in [6.45, 7) is 2.32. The smallest absolute Gasteiger partial charge is 0.139 e. The van der Waals surface area contributed by atoms with Gasteiger partial charge < -0.3 is 5.32 Å². The number of rotatable bonds is 2. The highest BCUT2D eigenvalue weighted by Crippen LogP contribution is 2.38. The molecule has 0 radical (unpaired) electrons. The van der Waals surface area contributed by atoms with Crippen LogP contribution in [0.2, 0.25) is 0 Å². The second-order valence-electron chi connectivity index (χ2n) is 6.53. The van der Waals surface area contributed by atoms with Crippen LogP contribution >= 0.6 is 0 Å². The fourth-order valence-corrected chi connectivity index (χ4v) is 4.34. The van der Waals surface area contributed by atoms with E-state index in [1.807, 2.05) is 0 Å². The van der Waals surface area contributed by atoms with Crippen LogP contribution in [-0.2, 0) is 4.79 Å². The molecule has 2 bridgehead atoms. The van der Waals surface area contributed by atoms with Crippen molar-refractivity contribution in [2.75, 3.05) is 13.1 Å². The third-order valence-corrected chi connectivity index (χ3v) is 5.18. The molecule has 17 heavy (non-hydrogen) atoms. The van der Waals surface area contributed by atoms with E-state index in [9.17, 15) is 4.79 Å². The summed E-state index contributed by atoms with van der Waals surface area (Å²) in [5.41, 5.74) is 0. The molecule has 0 aromatic rings. The maximum Gasteiger partial charge on any atom is 0.139 e. The Morgan fingerprint density at radius 3 is 2.12 bits per heavy atom. The molecule has 2 atom stereocenters. The zero-order chi connectivity index (χ0) is 11.7. The van der Waals surface area contributed by atoms with Crippen molar-refractivity contribution >= 4 is 5.78 Å². The van der Waals surface area contributed by atoms with Gasteiger partial charge in [-0.25, -0.2) is 0 Å². The van der Waals surface area contributed by atoms with Crippen molar-refractivity contribution in [2.45, 2.75) is 51.4 Å². The largest absolute Gasteiger partial charge is 0.316 e. The number of carbonyl (C=O) groups excluding carboxylic acids is 1. The molecular formula is C15H25NO. The Bertz CT molecular complexity index is 271. The van der Waals surface area contributed by atoms with E-state index < -0.39 is 0 Å². The monoisotopic (exact) mass is 235 g/mol. The first-order chi connectivity index (χ1) is 8.33. The predicted octanol–water partition coefficient (Wildman–Crippen LogP) is 2.77. The van der Waals surface area contributed by atoms with Gasteiger partial charge in [-0.15, -0.1) is 0 Å². The summed E-state index contributed by atoms with van der Waals surface area (Å²) in [5, 5.41) is 3.51. The van der Waals surface area contributed by atoms with E-state index in [2.05, 4.69) is 5.32 Å². The number of ketones is 1. The van der Waals surface area contributed by atoms with E-state index in [0.29, 0.717) is 17.6 Å². The standard InChI is InChI=1S/C15H25NO/c17-15(13-4-2-1-3-5-13)14-7-11-6-12(8-14)10-16-9-11/h11-14,16H,1-10H2. The Morgan fingerprint density at radius 2 is 1.47 bits per heavy atom. The average molecular weight is 235 g/mol. The fourth-order valence-electron chi connectivity index (χ4n) is 4.34. The van der Waals surface area contributed by atoms with Crippen molar-refractivity contribution in [1.82, 2.24) is 5.32 Å². The first-order valence-electron chi connectivity index (χ1n) is 7.57. The van der Waals surface area contributed by atoms with Crippen LogP contribution < -0.4 is 5.32 Å². The molecule has 3 aliphatic rings. The first-order valence-corrected chi connectivity index (χ1v) is 7.57. The Kier molecular flexibility index (Phi) is 3.51. The molecule has 1 aliphatic heterocycles. The molecule has 96 valence electrons. The maximum absolute atomic E-state index is 12.6. The maximum atomic E-state index is 12.6. The molecular weight excluding hydrogens is 210 g/mol. The highest BCUT2D eigenvalue weighted by Gasteiger charge is 2.37. The van der Waals surface area contributed by atoms with Crippen molar-refractivity contribution in [1.29, 1.82) is 0 Å². The molecule has 3 rings (SSSR count). The molecule has 1 saturated heterocycles. The highest BCUT2D eigenvalue weighted by atomic mass is 16.1. The Hall–Kier alpha value is -0.370. The lowest BCUT2D eigenvalue weighted by atomic mass is 9.68. The molecule has 2 saturated carbocycles. The summed E-state index contributed by atoms with van der Waals surface area (Å²) in [5.74, 6) is 3.07. The van der Waals surface area contributed by atoms with Crippen molar-refractivity contribution in [2.24, 2.45) is 23.7 Å². The van der Waals surface area contributed by atoms with Gasteiger partial charge in [-0.3, -0.25) is 4.79 Å². The van der Waals surface area contributed by atoms with E-state index in [1.54, 1.807) is 0 Å². The number of carbonyl (C=O) groups is 1. The summed E-state index contributed by atoms with van der Waals surface area (Å²) in [6.07, 6.45) is 10.0. The predicted molar refractivity (Wildman–Crippen MR) is 68.8 cm³/mol. The molecule has 2 heteroatoms. The topological polar surface area (TPSA) is 29.1 Å². The van der Waals surface area contributed by atoms with E-state index in [4.69, 9.17) is 0 Å². The Morgan fingerprint density at radius 1 is 0.824 bits per heavy atom. The van der Waals surface area contributed by atoms with Gasteiger partial charge in [-0.05, 0) is 57.0 Å². The van der Waals surface area contributed by atoms with Crippen LogP contribution in [0.1, 0.15) is 51.4 Å². The normalized spacial score (nSPS) is 38.9. The third-order valence-electron chi connectivity index (χ3n) is 5.18. The molecule has 0 aromatic heterocycles. The summed E-state index contributed by atoms with van der Waals surface area (Å²) in [6, 6.07) is 0. The quantitative estimate of drug-likeness (QED) is 0.797. The Labute approximate surface area is 105 Å². The van der Waals surface area contributed by atoms with Gasteiger partial charge in [0.25, 0.3) is 0 Å². The molecule has 2 unspecified atom stereocenters. The van der Waals surface area contributed by atoms with Gasteiger partial charge in [-0.2, -0.15) is 0 Å². The zero-order valence-electron chi connectivity index (χ0n) is 10.8. The fraction of sp³-hybridized carbons (Fsp3) is 0.933. The summed E-state index contributed by atoms with van der Waals surface area (Å²) in [7, 11) is 0. The van der Waals surface area contributed by atoms with Crippen LogP contribution in [0, 0.1) is 23.7 Å². The minimum Gasteiger partial charge on any atom is -0.316 e. The van der Waals surface area contributed by atoms with Crippen LogP contribution in [-0.4, -0.2) is 18.9 Å². The number of fused-ring (bicyclic) bond motifs is 2. The van der Waals surface area contributed by atoms with Gasteiger partial charge in [0.05, 0.1) is 0 Å². The van der Waals surface area contributed by atoms with Gasteiger partial charge in [0.1, 0.15) is 5.78 Å². The van der Waals surface area contributed by atoms with E-state index in [1.165, 1.54) is 51.4 Å². The summed E-state index contributed by atoms with van der Waals surface area (Å²) < 4.78 is 0. The SMILES string of the molecule is O=C(C1CCCCC1)C1CC2CNCC(C2)C1. The van der Waals surface area contributed by atoms with Crippen molar-refractivity contribution < 1.29 is 4.79 Å². The summed E-state index contributed by atoms with van der Waals surface area (Å²) >= 11 is 0. The number of Topliss-reactive ketones (excluding diaryl/α,β-unsaturated/α-hetero) is 1. The van der Waals surface area contributed by atoms with Crippen molar-refractivity contribution in [3.8, 4) is 0 Å². The minimum atomic E-state index is 0.420. The van der Waals surface area contributed by atoms with Crippen molar-refractivity contribution in [3.63, 3.8) is 0 Å². The second kappa shape index (κ2) is 5.09. The van der Waals surface area contributed by atoms with Gasteiger partial charge >= 0.3 is 0 Å². The lowest BCUT2D eigenvalue weighted by Gasteiger charge is -2.40. The molecule has 3 fully saturated rings. The van der Waals surface area contributed by atoms with E-state index in [0.717, 1.165) is 24.9 Å². The molecule has 1 heterocycles. The molecule has 2 aliphatic carbocycles. The van der Waals surface area contributed by atoms with Crippen LogP contribution in [0.25, 0.3) is 0 Å². The zero-order valence-corrected chi connectivity index (χ0v) is 10.8. The number of piperidine rings is 1. The van der Waals surface area contributed by atoms with Gasteiger partial charge in [0, 0.05) is 11.8 Å². The molecule has 2 nitrogen and oxygen atoms in total. The lowest BCUT2D eigenvalue weighted by Crippen LogP contribution is -2.44. The molecule has 0 amide bonds. The minimum absolute atomic E-state index is 0.420. The average Bonchev–Trinajstić information content (AvgIpc) is 2.38. The highest BCUT2D eigenvalue weighted by molar-refractivity contribution is 5.83. The number of hydrogen-bond acceptors (Lipinski definition) is 2. The lowest BCUT2D eigenvalue weighted by molar-refractivity contribution is -0.130. The number of nitrogens with one attached hydrogen (secondary N) is 1. The van der Waals surface area contributed by atoms with Gasteiger partial charge in [0.15, 0.2) is 0 Å². The van der Waals surface area contributed by atoms with Crippen LogP contribution in [0.15, 0.2) is 0 Å². The van der Waals surface area contributed by atoms with E-state index in [-0.39, 0.29) is 0 Å². The van der Waals surface area contributed by atoms with Crippen LogP contribution in [0.5, 0.6) is 0 Å². The number of hydrogen-bond donors (Lipinski definition) is 1. The third kappa shape index (κ3) is 2.57. The van der Waals surface area contributed by atoms with Crippen LogP contribution in [0.4, 0.5) is 0 Å².